The van der Waals surface area contributed by atoms with Gasteiger partial charge in [0.05, 0.1) is 16.7 Å². The summed E-state index contributed by atoms with van der Waals surface area (Å²) < 4.78 is 32.2. The van der Waals surface area contributed by atoms with Gasteiger partial charge in [-0.1, -0.05) is 0 Å². The van der Waals surface area contributed by atoms with Gasteiger partial charge < -0.3 is 10.2 Å². The molecule has 1 saturated carbocycles. The van der Waals surface area contributed by atoms with Crippen molar-refractivity contribution in [1.29, 1.82) is 0 Å². The molecule has 0 unspecified atom stereocenters. The molecule has 21 heavy (non-hydrogen) atoms. The highest BCUT2D eigenvalue weighted by Gasteiger charge is 2.33. The number of benzene rings is 1. The van der Waals surface area contributed by atoms with Crippen molar-refractivity contribution in [2.75, 3.05) is 12.5 Å². The molecule has 0 amide bonds. The minimum Gasteiger partial charge on any atom is -0.381 e. The van der Waals surface area contributed by atoms with Gasteiger partial charge in [0.15, 0.2) is 0 Å². The van der Waals surface area contributed by atoms with E-state index in [1.807, 2.05) is 0 Å². The molecule has 0 bridgehead atoms. The van der Waals surface area contributed by atoms with Crippen molar-refractivity contribution in [2.24, 2.45) is 5.84 Å². The van der Waals surface area contributed by atoms with Gasteiger partial charge in [-0.3, -0.25) is 16.0 Å². The molecule has 9 nitrogen and oxygen atoms in total. The molecule has 0 atom stereocenters. The SMILES string of the molecule is COC1CC(NS(=O)(=O)c2ccc([N+](=O)[O-])cc2NN)C1. The van der Waals surface area contributed by atoms with Crippen molar-refractivity contribution in [1.82, 2.24) is 4.72 Å². The molecule has 0 saturated heterocycles. The molecule has 10 heteroatoms. The van der Waals surface area contributed by atoms with Gasteiger partial charge in [0.25, 0.3) is 5.69 Å². The van der Waals surface area contributed by atoms with Crippen LogP contribution in [0.15, 0.2) is 23.1 Å². The monoisotopic (exact) mass is 316 g/mol. The third kappa shape index (κ3) is 3.29. The van der Waals surface area contributed by atoms with Crippen LogP contribution in [-0.2, 0) is 14.8 Å². The lowest BCUT2D eigenvalue weighted by Crippen LogP contribution is -2.47. The number of rotatable bonds is 6. The third-order valence-electron chi connectivity index (χ3n) is 3.37. The Bertz CT molecular complexity index is 642. The number of nitrogens with zero attached hydrogens (tertiary/aromatic N) is 1. The zero-order valence-electron chi connectivity index (χ0n) is 11.3. The van der Waals surface area contributed by atoms with Gasteiger partial charge in [0.1, 0.15) is 4.90 Å². The first kappa shape index (κ1) is 15.6. The fourth-order valence-electron chi connectivity index (χ4n) is 2.12. The summed E-state index contributed by atoms with van der Waals surface area (Å²) >= 11 is 0. The lowest BCUT2D eigenvalue weighted by atomic mass is 9.90. The van der Waals surface area contributed by atoms with Crippen LogP contribution in [0.3, 0.4) is 0 Å². The quantitative estimate of drug-likeness (QED) is 0.391. The van der Waals surface area contributed by atoms with Crippen LogP contribution in [0.2, 0.25) is 0 Å². The molecule has 1 aliphatic carbocycles. The van der Waals surface area contributed by atoms with E-state index in [4.69, 9.17) is 10.6 Å². The molecule has 116 valence electrons. The number of hydrogen-bond acceptors (Lipinski definition) is 7. The molecule has 0 radical (unpaired) electrons. The first-order valence-electron chi connectivity index (χ1n) is 6.17. The smallest absolute Gasteiger partial charge is 0.271 e. The lowest BCUT2D eigenvalue weighted by Gasteiger charge is -2.34. The van der Waals surface area contributed by atoms with E-state index in [1.54, 1.807) is 7.11 Å². The summed E-state index contributed by atoms with van der Waals surface area (Å²) in [5.74, 6) is 5.25. The molecule has 0 heterocycles. The van der Waals surface area contributed by atoms with E-state index in [9.17, 15) is 18.5 Å². The summed E-state index contributed by atoms with van der Waals surface area (Å²) in [7, 11) is -2.24. The highest BCUT2D eigenvalue weighted by Crippen LogP contribution is 2.28. The second kappa shape index (κ2) is 5.93. The normalized spacial score (nSPS) is 21.6. The van der Waals surface area contributed by atoms with E-state index in [1.165, 1.54) is 0 Å². The maximum Gasteiger partial charge on any atom is 0.271 e. The van der Waals surface area contributed by atoms with Crippen molar-refractivity contribution in [2.45, 2.75) is 29.9 Å². The van der Waals surface area contributed by atoms with Crippen LogP contribution in [0.25, 0.3) is 0 Å². The molecule has 1 aromatic carbocycles. The van der Waals surface area contributed by atoms with Crippen LogP contribution >= 0.6 is 0 Å². The van der Waals surface area contributed by atoms with Crippen LogP contribution in [0.1, 0.15) is 12.8 Å². The van der Waals surface area contributed by atoms with Crippen molar-refractivity contribution in [3.63, 3.8) is 0 Å². The number of methoxy groups -OCH3 is 1. The molecule has 0 aromatic heterocycles. The fourth-order valence-corrected chi connectivity index (χ4v) is 3.53. The largest absolute Gasteiger partial charge is 0.381 e. The molecule has 4 N–H and O–H groups in total. The summed E-state index contributed by atoms with van der Waals surface area (Å²) in [5.41, 5.74) is 1.90. The number of sulfonamides is 1. The fraction of sp³-hybridized carbons (Fsp3) is 0.455. The molecular formula is C11H16N4O5S. The average molecular weight is 316 g/mol. The topological polar surface area (TPSA) is 137 Å². The number of hydrogen-bond donors (Lipinski definition) is 3. The third-order valence-corrected chi connectivity index (χ3v) is 4.95. The molecular weight excluding hydrogens is 300 g/mol. The van der Waals surface area contributed by atoms with Crippen molar-refractivity contribution < 1.29 is 18.1 Å². The standard InChI is InChI=1S/C11H16N4O5S/c1-20-9-4-7(5-9)14-21(18,19)11-3-2-8(15(16)17)6-10(11)13-12/h2-3,6-7,9,13-14H,4-5,12H2,1H3. The van der Waals surface area contributed by atoms with E-state index in [0.29, 0.717) is 12.8 Å². The van der Waals surface area contributed by atoms with E-state index < -0.39 is 14.9 Å². The average Bonchev–Trinajstić information content (AvgIpc) is 2.41. The van der Waals surface area contributed by atoms with Gasteiger partial charge in [0, 0.05) is 25.3 Å². The summed E-state index contributed by atoms with van der Waals surface area (Å²) in [4.78, 5) is 9.94. The number of nitro groups is 1. The predicted molar refractivity (Wildman–Crippen MR) is 75.0 cm³/mol. The van der Waals surface area contributed by atoms with Gasteiger partial charge in [-0.15, -0.1) is 0 Å². The van der Waals surface area contributed by atoms with Crippen LogP contribution in [0.4, 0.5) is 11.4 Å². The zero-order chi connectivity index (χ0) is 15.6. The predicted octanol–water partition coefficient (Wildman–Crippen LogP) is 0.336. The van der Waals surface area contributed by atoms with Crippen LogP contribution in [0.5, 0.6) is 0 Å². The van der Waals surface area contributed by atoms with Gasteiger partial charge in [-0.2, -0.15) is 0 Å². The summed E-state index contributed by atoms with van der Waals surface area (Å²) in [5, 5.41) is 10.7. The first-order valence-corrected chi connectivity index (χ1v) is 7.66. The number of hydrazine groups is 1. The Hall–Kier alpha value is -1.75. The number of nitro benzene ring substituents is 1. The van der Waals surface area contributed by atoms with E-state index in [-0.39, 0.29) is 28.4 Å². The number of nitrogen functional groups attached to an aromatic ring is 1. The van der Waals surface area contributed by atoms with E-state index in [0.717, 1.165) is 18.2 Å². The number of nitrogens with one attached hydrogen (secondary N) is 2. The van der Waals surface area contributed by atoms with Crippen LogP contribution in [-0.4, -0.2) is 32.6 Å². The summed E-state index contributed by atoms with van der Waals surface area (Å²) in [6, 6.07) is 3.14. The van der Waals surface area contributed by atoms with Gasteiger partial charge in [-0.05, 0) is 18.9 Å². The maximum atomic E-state index is 12.3. The van der Waals surface area contributed by atoms with Crippen molar-refractivity contribution in [3.8, 4) is 0 Å². The second-order valence-electron chi connectivity index (χ2n) is 4.73. The molecule has 1 aliphatic rings. The minimum atomic E-state index is -3.81. The van der Waals surface area contributed by atoms with Gasteiger partial charge >= 0.3 is 0 Å². The highest BCUT2D eigenvalue weighted by molar-refractivity contribution is 7.89. The Labute approximate surface area is 121 Å². The minimum absolute atomic E-state index is 0.0284. The highest BCUT2D eigenvalue weighted by atomic mass is 32.2. The summed E-state index contributed by atoms with van der Waals surface area (Å²) in [6.45, 7) is 0. The number of non-ortho nitro benzene ring substituents is 1. The molecule has 0 aliphatic heterocycles. The Morgan fingerprint density at radius 1 is 1.43 bits per heavy atom. The van der Waals surface area contributed by atoms with E-state index >= 15 is 0 Å². The Balaban J connectivity index is 2.21. The molecule has 1 fully saturated rings. The Morgan fingerprint density at radius 2 is 2.10 bits per heavy atom. The second-order valence-corrected chi connectivity index (χ2v) is 6.41. The van der Waals surface area contributed by atoms with Crippen LogP contribution in [0, 0.1) is 10.1 Å². The number of ether oxygens (including phenoxy) is 1. The zero-order valence-corrected chi connectivity index (χ0v) is 12.1. The molecule has 2 rings (SSSR count). The van der Waals surface area contributed by atoms with Crippen molar-refractivity contribution >= 4 is 21.4 Å². The Morgan fingerprint density at radius 3 is 2.62 bits per heavy atom. The first-order chi connectivity index (χ1) is 9.87. The molecule has 1 aromatic rings. The lowest BCUT2D eigenvalue weighted by molar-refractivity contribution is -0.384. The maximum absolute atomic E-state index is 12.3. The summed E-state index contributed by atoms with van der Waals surface area (Å²) in [6.07, 6.45) is 1.24. The van der Waals surface area contributed by atoms with Crippen LogP contribution < -0.4 is 16.0 Å². The van der Waals surface area contributed by atoms with Crippen molar-refractivity contribution in [3.05, 3.63) is 28.3 Å². The van der Waals surface area contributed by atoms with E-state index in [2.05, 4.69) is 10.1 Å². The Kier molecular flexibility index (Phi) is 4.42. The van der Waals surface area contributed by atoms with Gasteiger partial charge in [-0.25, -0.2) is 13.1 Å². The number of anilines is 1. The van der Waals surface area contributed by atoms with Gasteiger partial charge in [0.2, 0.25) is 10.0 Å². The number of nitrogens with two attached hydrogens (primary N) is 1. The molecule has 0 spiro atoms.